The van der Waals surface area contributed by atoms with E-state index in [-0.39, 0.29) is 23.0 Å². The molecular weight excluding hydrogens is 288 g/mol. The van der Waals surface area contributed by atoms with Crippen molar-refractivity contribution in [1.82, 2.24) is 0 Å². The molecule has 2 N–H and O–H groups in total. The standard InChI is InChI=1S/C20H34O3/c1-6-19(4)16(22)12-15-18(3)10-7-9-17(2,13-21)14(18)8-11-20(15,5)23-19/h6,14-16,21-22H,1,7-13H2,2-5H3/t14-,15+,16+,17+,18-,19-,20+/m0/s1. The highest BCUT2D eigenvalue weighted by Crippen LogP contribution is 2.65. The van der Waals surface area contributed by atoms with Crippen LogP contribution in [0.1, 0.15) is 66.2 Å². The maximum absolute atomic E-state index is 10.7. The lowest BCUT2D eigenvalue weighted by molar-refractivity contribution is -0.284. The highest BCUT2D eigenvalue weighted by Gasteiger charge is 2.63. The van der Waals surface area contributed by atoms with E-state index in [1.54, 1.807) is 6.08 Å². The molecule has 1 saturated heterocycles. The van der Waals surface area contributed by atoms with Gasteiger partial charge in [-0.25, -0.2) is 0 Å². The molecule has 3 aliphatic rings. The predicted molar refractivity (Wildman–Crippen MR) is 92.1 cm³/mol. The second-order valence-electron chi connectivity index (χ2n) is 9.37. The first-order chi connectivity index (χ1) is 10.6. The summed E-state index contributed by atoms with van der Waals surface area (Å²) >= 11 is 0. The summed E-state index contributed by atoms with van der Waals surface area (Å²) in [6, 6.07) is 0. The molecule has 0 amide bonds. The van der Waals surface area contributed by atoms with Crippen LogP contribution in [0.5, 0.6) is 0 Å². The van der Waals surface area contributed by atoms with Gasteiger partial charge in [-0.15, -0.1) is 6.58 Å². The van der Waals surface area contributed by atoms with Crippen molar-refractivity contribution in [2.24, 2.45) is 22.7 Å². The lowest BCUT2D eigenvalue weighted by Gasteiger charge is -2.66. The minimum atomic E-state index is -0.649. The van der Waals surface area contributed by atoms with E-state index in [4.69, 9.17) is 4.74 Å². The van der Waals surface area contributed by atoms with E-state index < -0.39 is 11.7 Å². The molecule has 1 heterocycles. The summed E-state index contributed by atoms with van der Waals surface area (Å²) in [6.45, 7) is 13.0. The summed E-state index contributed by atoms with van der Waals surface area (Å²) in [4.78, 5) is 0. The Bertz CT molecular complexity index is 491. The average Bonchev–Trinajstić information content (AvgIpc) is 2.49. The Balaban J connectivity index is 1.98. The van der Waals surface area contributed by atoms with E-state index in [0.717, 1.165) is 32.1 Å². The summed E-state index contributed by atoms with van der Waals surface area (Å²) in [5.74, 6) is 0.846. The van der Waals surface area contributed by atoms with Crippen LogP contribution in [0.2, 0.25) is 0 Å². The van der Waals surface area contributed by atoms with Crippen LogP contribution in [-0.4, -0.2) is 34.1 Å². The van der Waals surface area contributed by atoms with E-state index in [1.807, 2.05) is 6.92 Å². The molecule has 1 aliphatic heterocycles. The fraction of sp³-hybridized carbons (Fsp3) is 0.900. The van der Waals surface area contributed by atoms with Crippen molar-refractivity contribution in [3.8, 4) is 0 Å². The van der Waals surface area contributed by atoms with E-state index in [1.165, 1.54) is 6.42 Å². The number of aliphatic hydroxyl groups excluding tert-OH is 2. The van der Waals surface area contributed by atoms with Gasteiger partial charge < -0.3 is 14.9 Å². The van der Waals surface area contributed by atoms with Crippen LogP contribution in [0.4, 0.5) is 0 Å². The maximum atomic E-state index is 10.7. The summed E-state index contributed by atoms with van der Waals surface area (Å²) in [7, 11) is 0. The lowest BCUT2D eigenvalue weighted by Crippen LogP contribution is -2.66. The molecule has 2 aliphatic carbocycles. The molecule has 3 rings (SSSR count). The van der Waals surface area contributed by atoms with Gasteiger partial charge in [0.25, 0.3) is 0 Å². The Morgan fingerprint density at radius 2 is 1.83 bits per heavy atom. The van der Waals surface area contributed by atoms with Crippen LogP contribution in [0.25, 0.3) is 0 Å². The van der Waals surface area contributed by atoms with Crippen molar-refractivity contribution >= 4 is 0 Å². The van der Waals surface area contributed by atoms with Crippen molar-refractivity contribution in [2.45, 2.75) is 83.5 Å². The van der Waals surface area contributed by atoms with Crippen molar-refractivity contribution in [3.63, 3.8) is 0 Å². The molecule has 23 heavy (non-hydrogen) atoms. The SMILES string of the molecule is C=C[C@]1(C)O[C@]2(C)CC[C@H]3[C@@](C)(CO)CCC[C@]3(C)[C@H]2C[C@H]1O. The van der Waals surface area contributed by atoms with Crippen LogP contribution in [0.15, 0.2) is 12.7 Å². The molecule has 0 unspecified atom stereocenters. The fourth-order valence-corrected chi connectivity index (χ4v) is 6.45. The number of hydrogen-bond donors (Lipinski definition) is 2. The van der Waals surface area contributed by atoms with Gasteiger partial charge in [-0.3, -0.25) is 0 Å². The summed E-state index contributed by atoms with van der Waals surface area (Å²) < 4.78 is 6.51. The number of aliphatic hydroxyl groups is 2. The van der Waals surface area contributed by atoms with Crippen molar-refractivity contribution < 1.29 is 14.9 Å². The normalized spacial score (nSPS) is 56.5. The summed E-state index contributed by atoms with van der Waals surface area (Å²) in [5.41, 5.74) is -0.713. The maximum Gasteiger partial charge on any atom is 0.110 e. The number of fused-ring (bicyclic) bond motifs is 3. The highest BCUT2D eigenvalue weighted by atomic mass is 16.5. The molecule has 0 aromatic carbocycles. The third-order valence-corrected chi connectivity index (χ3v) is 7.90. The zero-order valence-electron chi connectivity index (χ0n) is 15.3. The topological polar surface area (TPSA) is 49.7 Å². The average molecular weight is 322 g/mol. The van der Waals surface area contributed by atoms with Crippen LogP contribution in [-0.2, 0) is 4.74 Å². The second kappa shape index (κ2) is 5.31. The number of hydrogen-bond acceptors (Lipinski definition) is 3. The quantitative estimate of drug-likeness (QED) is 0.762. The molecule has 7 atom stereocenters. The van der Waals surface area contributed by atoms with Gasteiger partial charge in [-0.05, 0) is 68.6 Å². The molecule has 2 saturated carbocycles. The van der Waals surface area contributed by atoms with Gasteiger partial charge in [0.05, 0.1) is 11.7 Å². The highest BCUT2D eigenvalue weighted by molar-refractivity contribution is 5.15. The first-order valence-corrected chi connectivity index (χ1v) is 9.26. The molecule has 3 heteroatoms. The number of ether oxygens (including phenoxy) is 1. The van der Waals surface area contributed by atoms with Crippen LogP contribution < -0.4 is 0 Å². The predicted octanol–water partition coefficient (Wildman–Crippen LogP) is 3.69. The van der Waals surface area contributed by atoms with Crippen molar-refractivity contribution in [3.05, 3.63) is 12.7 Å². The van der Waals surface area contributed by atoms with Gasteiger partial charge in [0.1, 0.15) is 5.60 Å². The first-order valence-electron chi connectivity index (χ1n) is 9.26. The minimum absolute atomic E-state index is 0.0124. The van der Waals surface area contributed by atoms with Gasteiger partial charge >= 0.3 is 0 Å². The fourth-order valence-electron chi connectivity index (χ4n) is 6.45. The molecule has 3 nitrogen and oxygen atoms in total. The largest absolute Gasteiger partial charge is 0.396 e. The van der Waals surface area contributed by atoms with Crippen molar-refractivity contribution in [2.75, 3.05) is 6.61 Å². The van der Waals surface area contributed by atoms with Gasteiger partial charge in [0.2, 0.25) is 0 Å². The lowest BCUT2D eigenvalue weighted by atomic mass is 9.44. The summed E-state index contributed by atoms with van der Waals surface area (Å²) in [5, 5.41) is 20.8. The number of rotatable bonds is 2. The molecule has 132 valence electrons. The van der Waals surface area contributed by atoms with Crippen molar-refractivity contribution in [1.29, 1.82) is 0 Å². The van der Waals surface area contributed by atoms with E-state index in [9.17, 15) is 10.2 Å². The minimum Gasteiger partial charge on any atom is -0.396 e. The molecule has 0 aromatic rings. The smallest absolute Gasteiger partial charge is 0.110 e. The van der Waals surface area contributed by atoms with Crippen LogP contribution in [0, 0.1) is 22.7 Å². The van der Waals surface area contributed by atoms with E-state index in [2.05, 4.69) is 27.4 Å². The first kappa shape index (κ1) is 17.4. The van der Waals surface area contributed by atoms with E-state index in [0.29, 0.717) is 11.8 Å². The molecular formula is C20H34O3. The molecule has 0 radical (unpaired) electrons. The zero-order chi connectivity index (χ0) is 17.1. The second-order valence-corrected chi connectivity index (χ2v) is 9.37. The monoisotopic (exact) mass is 322 g/mol. The van der Waals surface area contributed by atoms with Gasteiger partial charge in [-0.1, -0.05) is 26.3 Å². The zero-order valence-corrected chi connectivity index (χ0v) is 15.3. The van der Waals surface area contributed by atoms with Gasteiger partial charge in [-0.2, -0.15) is 0 Å². The Hall–Kier alpha value is -0.380. The van der Waals surface area contributed by atoms with Crippen LogP contribution in [0.3, 0.4) is 0 Å². The molecule has 0 bridgehead atoms. The Kier molecular flexibility index (Phi) is 4.02. The third-order valence-electron chi connectivity index (χ3n) is 7.90. The molecule has 3 fully saturated rings. The van der Waals surface area contributed by atoms with Gasteiger partial charge in [0.15, 0.2) is 0 Å². The van der Waals surface area contributed by atoms with Gasteiger partial charge in [0, 0.05) is 6.61 Å². The Morgan fingerprint density at radius 3 is 2.43 bits per heavy atom. The van der Waals surface area contributed by atoms with E-state index >= 15 is 0 Å². The summed E-state index contributed by atoms with van der Waals surface area (Å²) in [6.07, 6.45) is 7.59. The van der Waals surface area contributed by atoms with Crippen LogP contribution >= 0.6 is 0 Å². The Labute approximate surface area is 141 Å². The molecule has 0 aromatic heterocycles. The third kappa shape index (κ3) is 2.34. The Morgan fingerprint density at radius 1 is 1.13 bits per heavy atom. The molecule has 0 spiro atoms.